The lowest BCUT2D eigenvalue weighted by Crippen LogP contribution is -2.35. The van der Waals surface area contributed by atoms with Crippen molar-refractivity contribution in [2.24, 2.45) is 5.92 Å². The zero-order chi connectivity index (χ0) is 15.4. The first-order valence-corrected chi connectivity index (χ1v) is 7.32. The minimum Gasteiger partial charge on any atom is -0.486 e. The second kappa shape index (κ2) is 6.80. The molecule has 0 bridgehead atoms. The third-order valence-electron chi connectivity index (χ3n) is 3.53. The van der Waals surface area contributed by atoms with Crippen molar-refractivity contribution in [1.82, 2.24) is 4.90 Å². The molecule has 0 radical (unpaired) electrons. The summed E-state index contributed by atoms with van der Waals surface area (Å²) < 4.78 is 11.1. The molecule has 1 N–H and O–H groups in total. The molecule has 1 aliphatic rings. The van der Waals surface area contributed by atoms with Crippen LogP contribution in [0.25, 0.3) is 0 Å². The Labute approximate surface area is 125 Å². The molecule has 1 heterocycles. The monoisotopic (exact) mass is 293 g/mol. The Hall–Kier alpha value is -1.75. The molecule has 0 saturated carbocycles. The normalized spacial score (nSPS) is 15.3. The number of carbonyl (C=O) groups is 1. The highest BCUT2D eigenvalue weighted by atomic mass is 16.6. The number of ether oxygens (including phenoxy) is 2. The Morgan fingerprint density at radius 1 is 1.24 bits per heavy atom. The van der Waals surface area contributed by atoms with E-state index in [2.05, 4.69) is 13.8 Å². The molecule has 0 aliphatic carbocycles. The van der Waals surface area contributed by atoms with Gasteiger partial charge in [-0.3, -0.25) is 9.69 Å². The van der Waals surface area contributed by atoms with E-state index in [0.717, 1.165) is 23.6 Å². The third kappa shape index (κ3) is 4.11. The largest absolute Gasteiger partial charge is 0.486 e. The van der Waals surface area contributed by atoms with Crippen molar-refractivity contribution in [3.63, 3.8) is 0 Å². The van der Waals surface area contributed by atoms with E-state index in [0.29, 0.717) is 19.1 Å². The number of rotatable bonds is 6. The van der Waals surface area contributed by atoms with Crippen molar-refractivity contribution in [2.75, 3.05) is 26.3 Å². The quantitative estimate of drug-likeness (QED) is 0.873. The van der Waals surface area contributed by atoms with Gasteiger partial charge in [0.25, 0.3) is 0 Å². The number of fused-ring (bicyclic) bond motifs is 1. The van der Waals surface area contributed by atoms with Crippen LogP contribution in [0, 0.1) is 5.92 Å². The number of nitrogens with zero attached hydrogens (tertiary/aromatic N) is 1. The van der Waals surface area contributed by atoms with Crippen LogP contribution in [0.1, 0.15) is 32.4 Å². The van der Waals surface area contributed by atoms with Gasteiger partial charge < -0.3 is 14.6 Å². The van der Waals surface area contributed by atoms with Crippen molar-refractivity contribution in [3.05, 3.63) is 23.8 Å². The number of aliphatic carboxylic acids is 1. The summed E-state index contributed by atoms with van der Waals surface area (Å²) in [6.45, 7) is 8.10. The van der Waals surface area contributed by atoms with Gasteiger partial charge in [-0.05, 0) is 30.5 Å². The summed E-state index contributed by atoms with van der Waals surface area (Å²) in [6.07, 6.45) is 0. The highest BCUT2D eigenvalue weighted by Crippen LogP contribution is 2.34. The summed E-state index contributed by atoms with van der Waals surface area (Å²) in [5, 5.41) is 9.10. The summed E-state index contributed by atoms with van der Waals surface area (Å²) in [4.78, 5) is 13.0. The lowest BCUT2D eigenvalue weighted by Gasteiger charge is -2.30. The average molecular weight is 293 g/mol. The molecule has 0 aromatic heterocycles. The zero-order valence-electron chi connectivity index (χ0n) is 12.8. The molecular formula is C16H23NO4. The van der Waals surface area contributed by atoms with Crippen molar-refractivity contribution in [1.29, 1.82) is 0 Å². The fraction of sp³-hybridized carbons (Fsp3) is 0.562. The van der Waals surface area contributed by atoms with Gasteiger partial charge in [0.15, 0.2) is 11.5 Å². The van der Waals surface area contributed by atoms with Gasteiger partial charge in [0, 0.05) is 12.6 Å². The lowest BCUT2D eigenvalue weighted by molar-refractivity contribution is -0.139. The molecule has 116 valence electrons. The Balaban J connectivity index is 2.18. The minimum atomic E-state index is -0.806. The van der Waals surface area contributed by atoms with Crippen LogP contribution in [0.3, 0.4) is 0 Å². The molecule has 1 atom stereocenters. The first-order valence-electron chi connectivity index (χ1n) is 7.32. The van der Waals surface area contributed by atoms with Gasteiger partial charge in [0.1, 0.15) is 13.2 Å². The van der Waals surface area contributed by atoms with Crippen LogP contribution in [0.5, 0.6) is 11.5 Å². The molecule has 5 heteroatoms. The van der Waals surface area contributed by atoms with Crippen LogP contribution in [-0.2, 0) is 4.79 Å². The van der Waals surface area contributed by atoms with Gasteiger partial charge >= 0.3 is 5.97 Å². The summed E-state index contributed by atoms with van der Waals surface area (Å²) in [5.41, 5.74) is 1.04. The maximum absolute atomic E-state index is 11.1. The Kier molecular flexibility index (Phi) is 5.07. The fourth-order valence-electron chi connectivity index (χ4n) is 2.53. The van der Waals surface area contributed by atoms with Gasteiger partial charge in [-0.15, -0.1) is 0 Å². The van der Waals surface area contributed by atoms with Gasteiger partial charge in [-0.2, -0.15) is 0 Å². The van der Waals surface area contributed by atoms with Gasteiger partial charge in [-0.1, -0.05) is 19.9 Å². The smallest absolute Gasteiger partial charge is 0.317 e. The van der Waals surface area contributed by atoms with E-state index in [9.17, 15) is 4.79 Å². The first kappa shape index (κ1) is 15.6. The molecule has 1 aromatic carbocycles. The van der Waals surface area contributed by atoms with Crippen molar-refractivity contribution >= 4 is 5.97 Å². The van der Waals surface area contributed by atoms with Crippen LogP contribution in [0.4, 0.5) is 0 Å². The Bertz CT molecular complexity index is 501. The maximum atomic E-state index is 11.1. The highest BCUT2D eigenvalue weighted by Gasteiger charge is 2.21. The molecule has 1 aromatic rings. The van der Waals surface area contributed by atoms with E-state index in [1.807, 2.05) is 30.0 Å². The predicted molar refractivity (Wildman–Crippen MR) is 79.9 cm³/mol. The van der Waals surface area contributed by atoms with E-state index in [-0.39, 0.29) is 12.6 Å². The van der Waals surface area contributed by atoms with Gasteiger partial charge in [0.05, 0.1) is 6.54 Å². The first-order chi connectivity index (χ1) is 9.97. The average Bonchev–Trinajstić information content (AvgIpc) is 2.44. The van der Waals surface area contributed by atoms with E-state index in [1.165, 1.54) is 0 Å². The number of carboxylic acid groups (broad SMARTS) is 1. The second-order valence-electron chi connectivity index (χ2n) is 5.80. The lowest BCUT2D eigenvalue weighted by atomic mass is 10.0. The summed E-state index contributed by atoms with van der Waals surface area (Å²) >= 11 is 0. The van der Waals surface area contributed by atoms with Crippen molar-refractivity contribution in [2.45, 2.75) is 26.8 Å². The molecule has 21 heavy (non-hydrogen) atoms. The topological polar surface area (TPSA) is 59.0 Å². The molecule has 0 spiro atoms. The van der Waals surface area contributed by atoms with Gasteiger partial charge in [0.2, 0.25) is 0 Å². The summed E-state index contributed by atoms with van der Waals surface area (Å²) in [6, 6.07) is 5.84. The van der Waals surface area contributed by atoms with E-state index in [4.69, 9.17) is 14.6 Å². The number of benzene rings is 1. The van der Waals surface area contributed by atoms with Crippen LogP contribution in [0.15, 0.2) is 18.2 Å². The highest BCUT2D eigenvalue weighted by molar-refractivity contribution is 5.69. The molecule has 0 fully saturated rings. The minimum absolute atomic E-state index is 0.0133. The van der Waals surface area contributed by atoms with E-state index >= 15 is 0 Å². The second-order valence-corrected chi connectivity index (χ2v) is 5.80. The predicted octanol–water partition coefficient (Wildman–Crippen LogP) is 2.56. The molecule has 5 nitrogen and oxygen atoms in total. The molecule has 1 aliphatic heterocycles. The van der Waals surface area contributed by atoms with Crippen molar-refractivity contribution < 1.29 is 19.4 Å². The zero-order valence-corrected chi connectivity index (χ0v) is 12.8. The summed E-state index contributed by atoms with van der Waals surface area (Å²) in [7, 11) is 0. The van der Waals surface area contributed by atoms with Crippen LogP contribution in [-0.4, -0.2) is 42.3 Å². The van der Waals surface area contributed by atoms with Crippen LogP contribution < -0.4 is 9.47 Å². The standard InChI is InChI=1S/C16H23NO4/c1-11(2)9-17(10-16(18)19)12(3)13-4-5-14-15(8-13)21-7-6-20-14/h4-5,8,11-12H,6-7,9-10H2,1-3H3,(H,18,19). The molecule has 1 unspecified atom stereocenters. The van der Waals surface area contributed by atoms with E-state index in [1.54, 1.807) is 0 Å². The molecule has 0 amide bonds. The summed E-state index contributed by atoms with van der Waals surface area (Å²) in [5.74, 6) is 1.10. The molecule has 0 saturated heterocycles. The third-order valence-corrected chi connectivity index (χ3v) is 3.53. The molecular weight excluding hydrogens is 270 g/mol. The van der Waals surface area contributed by atoms with Crippen LogP contribution in [0.2, 0.25) is 0 Å². The SMILES string of the molecule is CC(C)CN(CC(=O)O)C(C)c1ccc2c(c1)OCCO2. The Morgan fingerprint density at radius 2 is 1.90 bits per heavy atom. The van der Waals surface area contributed by atoms with Gasteiger partial charge in [-0.25, -0.2) is 0 Å². The fourth-order valence-corrected chi connectivity index (χ4v) is 2.53. The Morgan fingerprint density at radius 3 is 2.52 bits per heavy atom. The van der Waals surface area contributed by atoms with Crippen molar-refractivity contribution in [3.8, 4) is 11.5 Å². The van der Waals surface area contributed by atoms with Crippen LogP contribution >= 0.6 is 0 Å². The molecule has 2 rings (SSSR count). The number of hydrogen-bond acceptors (Lipinski definition) is 4. The maximum Gasteiger partial charge on any atom is 0.317 e. The number of hydrogen-bond donors (Lipinski definition) is 1. The number of carboxylic acids is 1. The van der Waals surface area contributed by atoms with E-state index < -0.39 is 5.97 Å².